The van der Waals surface area contributed by atoms with Crippen molar-refractivity contribution in [1.82, 2.24) is 24.3 Å². The average Bonchev–Trinajstić information content (AvgIpc) is 3.76. The second kappa shape index (κ2) is 19.4. The molecule has 3 N–H and O–H groups in total. The predicted octanol–water partition coefficient (Wildman–Crippen LogP) is 8.11. The zero-order valence-corrected chi connectivity index (χ0v) is 39.8. The molecule has 12 heteroatoms. The molecule has 0 radical (unpaired) electrons. The summed E-state index contributed by atoms with van der Waals surface area (Å²) in [6.45, 7) is 11.9. The van der Waals surface area contributed by atoms with E-state index in [1.54, 1.807) is 0 Å². The smallest absolute Gasteiger partial charge is 0.407 e. The second-order valence-corrected chi connectivity index (χ2v) is 21.2. The minimum absolute atomic E-state index is 0.0435. The van der Waals surface area contributed by atoms with Crippen molar-refractivity contribution in [2.45, 2.75) is 128 Å². The summed E-state index contributed by atoms with van der Waals surface area (Å²) in [7, 11) is 4.34. The van der Waals surface area contributed by atoms with Gasteiger partial charge in [0.25, 0.3) is 11.8 Å². The molecule has 2 aromatic heterocycles. The Bertz CT molecular complexity index is 2360. The molecule has 4 fully saturated rings. The molecule has 65 heavy (non-hydrogen) atoms. The van der Waals surface area contributed by atoms with E-state index in [-0.39, 0.29) is 23.9 Å². The first-order valence-electron chi connectivity index (χ1n) is 25.0. The second-order valence-electron chi connectivity index (χ2n) is 21.2. The lowest BCUT2D eigenvalue weighted by Gasteiger charge is -2.34. The quantitative estimate of drug-likeness (QED) is 0.207. The van der Waals surface area contributed by atoms with Gasteiger partial charge in [0.2, 0.25) is 0 Å². The molecule has 352 valence electrons. The van der Waals surface area contributed by atoms with Gasteiger partial charge in [-0.3, -0.25) is 9.59 Å². The third-order valence-corrected chi connectivity index (χ3v) is 15.8. The summed E-state index contributed by atoms with van der Waals surface area (Å²) in [4.78, 5) is 42.8. The van der Waals surface area contributed by atoms with Gasteiger partial charge in [-0.2, -0.15) is 0 Å². The number of carbonyl (C=O) groups is 3. The lowest BCUT2D eigenvalue weighted by atomic mass is 9.75. The summed E-state index contributed by atoms with van der Waals surface area (Å²) >= 11 is 0. The van der Waals surface area contributed by atoms with Crippen molar-refractivity contribution in [2.75, 3.05) is 52.6 Å². The maximum absolute atomic E-state index is 13.6. The normalized spacial score (nSPS) is 24.5. The van der Waals surface area contributed by atoms with Crippen molar-refractivity contribution in [1.29, 1.82) is 0 Å². The Morgan fingerprint density at radius 1 is 0.646 bits per heavy atom. The van der Waals surface area contributed by atoms with Crippen molar-refractivity contribution in [3.05, 3.63) is 70.0 Å². The molecule has 4 atom stereocenters. The van der Waals surface area contributed by atoms with E-state index in [2.05, 4.69) is 52.8 Å². The van der Waals surface area contributed by atoms with E-state index in [1.165, 1.54) is 82.8 Å². The first kappa shape index (κ1) is 45.8. The number of nitrogens with zero attached hydrogens (tertiary/aromatic N) is 4. The van der Waals surface area contributed by atoms with Crippen LogP contribution in [-0.2, 0) is 54.0 Å². The van der Waals surface area contributed by atoms with Gasteiger partial charge in [0.05, 0.1) is 0 Å². The molecule has 4 unspecified atom stereocenters. The van der Waals surface area contributed by atoms with Crippen LogP contribution < -0.4 is 11.1 Å². The third-order valence-electron chi connectivity index (χ3n) is 15.8. The van der Waals surface area contributed by atoms with Gasteiger partial charge in [-0.15, -0.1) is 0 Å². The number of ether oxygens (including phenoxy) is 3. The maximum atomic E-state index is 13.6. The number of nitrogens with two attached hydrogens (primary N) is 1. The molecule has 4 saturated heterocycles. The van der Waals surface area contributed by atoms with Crippen LogP contribution in [0.1, 0.15) is 128 Å². The number of carbonyl (C=O) groups excluding carboxylic acids is 3. The van der Waals surface area contributed by atoms with Crippen LogP contribution in [0.15, 0.2) is 36.4 Å². The molecular weight excluding hydrogens is 817 g/mol. The molecule has 3 amide bonds. The third kappa shape index (κ3) is 10.0. The Morgan fingerprint density at radius 2 is 1.12 bits per heavy atom. The van der Waals surface area contributed by atoms with E-state index in [0.29, 0.717) is 25.6 Å². The first-order valence-corrected chi connectivity index (χ1v) is 25.0. The number of benzene rings is 2. The number of hydrogen-bond donors (Lipinski definition) is 2. The predicted molar refractivity (Wildman–Crippen MR) is 255 cm³/mol. The topological polar surface area (TPSA) is 133 Å². The van der Waals surface area contributed by atoms with Gasteiger partial charge in [-0.25, -0.2) is 4.79 Å². The van der Waals surface area contributed by atoms with Crippen LogP contribution in [0.5, 0.6) is 0 Å². The number of aryl methyl sites for hydroxylation is 2. The SMILES string of the molecule is Cn1c2c(c3cc(C(=O)N4CCCC(N)C4)ccc31)CC(C1CCOCC1)CC2.Cn1c2c(c3cc(C(=O)N4CCCC(NC(=O)OC(C)(C)C)C4)ccc31)CC(C1CCOCC1)CC2. The highest BCUT2D eigenvalue weighted by molar-refractivity contribution is 6.00. The highest BCUT2D eigenvalue weighted by atomic mass is 16.6. The molecule has 0 spiro atoms. The van der Waals surface area contributed by atoms with Crippen molar-refractivity contribution >= 4 is 39.7 Å². The zero-order valence-electron chi connectivity index (χ0n) is 39.8. The van der Waals surface area contributed by atoms with Crippen LogP contribution in [-0.4, -0.2) is 107 Å². The average molecular weight is 891 g/mol. The largest absolute Gasteiger partial charge is 0.444 e. The molecule has 10 rings (SSSR count). The Morgan fingerprint density at radius 3 is 1.60 bits per heavy atom. The number of aromatic nitrogens is 2. The number of likely N-dealkylation sites (tertiary alicyclic amines) is 2. The Balaban J connectivity index is 0.000000168. The fourth-order valence-electron chi connectivity index (χ4n) is 12.4. The Hall–Kier alpha value is -4.39. The van der Waals surface area contributed by atoms with Gasteiger partial charge in [0.1, 0.15) is 5.60 Å². The molecule has 6 aliphatic rings. The highest BCUT2D eigenvalue weighted by Crippen LogP contribution is 2.41. The molecule has 0 saturated carbocycles. The number of piperidine rings is 2. The molecule has 2 aromatic carbocycles. The number of amides is 3. The summed E-state index contributed by atoms with van der Waals surface area (Å²) in [5, 5.41) is 5.47. The first-order chi connectivity index (χ1) is 31.3. The minimum atomic E-state index is -0.539. The van der Waals surface area contributed by atoms with Crippen LogP contribution in [0.25, 0.3) is 21.8 Å². The van der Waals surface area contributed by atoms with Crippen LogP contribution in [0.2, 0.25) is 0 Å². The molecule has 0 bridgehead atoms. The number of rotatable bonds is 5. The van der Waals surface area contributed by atoms with E-state index >= 15 is 0 Å². The summed E-state index contributed by atoms with van der Waals surface area (Å²) in [5.41, 5.74) is 15.4. The fourth-order valence-corrected chi connectivity index (χ4v) is 12.4. The Kier molecular flexibility index (Phi) is 13.7. The molecule has 4 aliphatic heterocycles. The molecular formula is C53H74N6O6. The number of nitrogens with one attached hydrogen (secondary N) is 1. The van der Waals surface area contributed by atoms with Gasteiger partial charge in [-0.05, 0) is 182 Å². The van der Waals surface area contributed by atoms with Gasteiger partial charge in [-0.1, -0.05) is 0 Å². The van der Waals surface area contributed by atoms with Gasteiger partial charge in [0.15, 0.2) is 0 Å². The lowest BCUT2D eigenvalue weighted by molar-refractivity contribution is 0.0438. The fraction of sp³-hybridized carbons (Fsp3) is 0.642. The van der Waals surface area contributed by atoms with Crippen molar-refractivity contribution in [2.24, 2.45) is 43.5 Å². The summed E-state index contributed by atoms with van der Waals surface area (Å²) in [6, 6.07) is 12.5. The van der Waals surface area contributed by atoms with Crippen LogP contribution in [0.4, 0.5) is 4.79 Å². The van der Waals surface area contributed by atoms with E-state index < -0.39 is 11.7 Å². The summed E-state index contributed by atoms with van der Waals surface area (Å²) in [5.74, 6) is 3.16. The van der Waals surface area contributed by atoms with Gasteiger partial charge >= 0.3 is 6.09 Å². The van der Waals surface area contributed by atoms with Gasteiger partial charge < -0.3 is 44.2 Å². The lowest BCUT2D eigenvalue weighted by Crippen LogP contribution is -2.50. The van der Waals surface area contributed by atoms with E-state index in [0.717, 1.165) is 113 Å². The van der Waals surface area contributed by atoms with Crippen LogP contribution in [0.3, 0.4) is 0 Å². The summed E-state index contributed by atoms with van der Waals surface area (Å²) < 4.78 is 21.3. The number of hydrogen-bond acceptors (Lipinski definition) is 7. The van der Waals surface area contributed by atoms with Crippen LogP contribution >= 0.6 is 0 Å². The minimum Gasteiger partial charge on any atom is -0.444 e. The Labute approximate surface area is 385 Å². The number of fused-ring (bicyclic) bond motifs is 6. The van der Waals surface area contributed by atoms with Crippen molar-refractivity contribution in [3.8, 4) is 0 Å². The maximum Gasteiger partial charge on any atom is 0.407 e. The highest BCUT2D eigenvalue weighted by Gasteiger charge is 2.34. The zero-order chi connectivity index (χ0) is 45.4. The van der Waals surface area contributed by atoms with E-state index in [9.17, 15) is 14.4 Å². The molecule has 4 aromatic rings. The monoisotopic (exact) mass is 891 g/mol. The van der Waals surface area contributed by atoms with E-state index in [1.807, 2.05) is 42.7 Å². The van der Waals surface area contributed by atoms with Crippen molar-refractivity contribution in [3.63, 3.8) is 0 Å². The van der Waals surface area contributed by atoms with E-state index in [4.69, 9.17) is 19.9 Å². The summed E-state index contributed by atoms with van der Waals surface area (Å²) in [6.07, 6.45) is 15.1. The number of alkyl carbamates (subject to hydrolysis) is 1. The van der Waals surface area contributed by atoms with Gasteiger partial charge in [0, 0.05) is 123 Å². The van der Waals surface area contributed by atoms with Crippen molar-refractivity contribution < 1.29 is 28.6 Å². The molecule has 12 nitrogen and oxygen atoms in total. The molecule has 6 heterocycles. The molecule has 2 aliphatic carbocycles. The standard InChI is InChI=1S/C29H41N3O4.C24H33N3O2/c1-29(2,3)36-28(34)30-22-6-5-13-32(18-22)27(33)21-8-10-26-24(17-21)23-16-20(7-9-25(23)31(26)4)19-11-14-35-15-12-19;1-26-22-6-4-17(16-8-11-29-12-9-16)13-20(22)21-14-18(5-7-23(21)26)24(28)27-10-2-3-19(25)15-27/h8,10,17,19-20,22H,5-7,9,11-16,18H2,1-4H3,(H,30,34);5,7,14,16-17,19H,2-4,6,8-13,15,25H2,1H3. The van der Waals surface area contributed by atoms with Crippen LogP contribution in [0, 0.1) is 23.7 Å².